The zero-order valence-electron chi connectivity index (χ0n) is 15.1. The number of amides is 1. The van der Waals surface area contributed by atoms with Gasteiger partial charge in [-0.25, -0.2) is 9.97 Å². The van der Waals surface area contributed by atoms with Crippen LogP contribution >= 0.6 is 0 Å². The van der Waals surface area contributed by atoms with Gasteiger partial charge in [-0.05, 0) is 30.9 Å². The van der Waals surface area contributed by atoms with Crippen molar-refractivity contribution in [3.8, 4) is 11.3 Å². The lowest BCUT2D eigenvalue weighted by Crippen LogP contribution is -2.41. The molecule has 0 bridgehead atoms. The third-order valence-corrected chi connectivity index (χ3v) is 5.15. The number of rotatable bonds is 5. The van der Waals surface area contributed by atoms with Gasteiger partial charge in [-0.1, -0.05) is 12.8 Å². The van der Waals surface area contributed by atoms with Gasteiger partial charge in [-0.15, -0.1) is 0 Å². The first-order valence-corrected chi connectivity index (χ1v) is 9.23. The van der Waals surface area contributed by atoms with Gasteiger partial charge in [0.25, 0.3) is 5.91 Å². The summed E-state index contributed by atoms with van der Waals surface area (Å²) in [4.78, 5) is 27.9. The van der Waals surface area contributed by atoms with Gasteiger partial charge in [-0.2, -0.15) is 13.2 Å². The summed E-state index contributed by atoms with van der Waals surface area (Å²) < 4.78 is 39.1. The summed E-state index contributed by atoms with van der Waals surface area (Å²) in [6.07, 6.45) is 4.02. The lowest BCUT2D eigenvalue weighted by molar-refractivity contribution is -0.141. The Balaban J connectivity index is 1.59. The van der Waals surface area contributed by atoms with E-state index in [0.717, 1.165) is 36.0 Å². The van der Waals surface area contributed by atoms with Gasteiger partial charge < -0.3 is 14.9 Å². The maximum absolute atomic E-state index is 13.0. The van der Waals surface area contributed by atoms with Crippen LogP contribution < -0.4 is 0 Å². The predicted molar refractivity (Wildman–Crippen MR) is 97.6 cm³/mol. The number of alkyl halides is 3. The van der Waals surface area contributed by atoms with Crippen LogP contribution in [0, 0.1) is 5.92 Å². The molecule has 9 heteroatoms. The Morgan fingerprint density at radius 3 is 2.75 bits per heavy atom. The van der Waals surface area contributed by atoms with Gasteiger partial charge >= 0.3 is 6.18 Å². The number of aromatic nitrogens is 4. The van der Waals surface area contributed by atoms with Gasteiger partial charge in [0, 0.05) is 29.9 Å². The Morgan fingerprint density at radius 2 is 2.00 bits per heavy atom. The Labute approximate surface area is 159 Å². The summed E-state index contributed by atoms with van der Waals surface area (Å²) in [5.41, 5.74) is 2.02. The minimum Gasteiger partial charge on any atom is -0.357 e. The van der Waals surface area contributed by atoms with Gasteiger partial charge in [0.2, 0.25) is 0 Å². The standard InChI is InChI=1S/C19H20F3N5O/c20-19(21,22)10-27(9-12-3-1-2-4-12)18(28)15-7-13(8-24-15)16-14-5-6-23-17(14)26-11-25-16/h5-8,11-12,24H,1-4,9-10H2,(H,23,25,26). The van der Waals surface area contributed by atoms with E-state index in [1.165, 1.54) is 6.33 Å². The zero-order chi connectivity index (χ0) is 19.7. The average Bonchev–Trinajstić information content (AvgIpc) is 3.39. The fourth-order valence-electron chi connectivity index (χ4n) is 3.87. The van der Waals surface area contributed by atoms with Crippen LogP contribution in [-0.2, 0) is 0 Å². The number of nitrogens with zero attached hydrogens (tertiary/aromatic N) is 3. The van der Waals surface area contributed by atoms with Crippen LogP contribution in [0.25, 0.3) is 22.3 Å². The molecule has 0 aromatic carbocycles. The second-order valence-corrected chi connectivity index (χ2v) is 7.22. The van der Waals surface area contributed by atoms with Crippen LogP contribution in [0.2, 0.25) is 0 Å². The lowest BCUT2D eigenvalue weighted by Gasteiger charge is -2.26. The first kappa shape index (κ1) is 18.5. The molecular weight excluding hydrogens is 371 g/mol. The Hall–Kier alpha value is -2.84. The molecule has 3 heterocycles. The maximum atomic E-state index is 13.0. The molecule has 1 aliphatic carbocycles. The summed E-state index contributed by atoms with van der Waals surface area (Å²) in [6.45, 7) is -1.12. The number of halogens is 3. The third kappa shape index (κ3) is 3.88. The minimum absolute atomic E-state index is 0.125. The molecule has 0 spiro atoms. The molecule has 3 aromatic rings. The number of carbonyl (C=O) groups is 1. The Bertz CT molecular complexity index is 971. The van der Waals surface area contributed by atoms with Gasteiger partial charge in [-0.3, -0.25) is 4.79 Å². The molecule has 1 aliphatic rings. The molecule has 0 unspecified atom stereocenters. The smallest absolute Gasteiger partial charge is 0.357 e. The molecule has 1 amide bonds. The minimum atomic E-state index is -4.44. The molecule has 3 aromatic heterocycles. The highest BCUT2D eigenvalue weighted by molar-refractivity contribution is 5.96. The van der Waals surface area contributed by atoms with Crippen molar-refractivity contribution in [2.75, 3.05) is 13.1 Å². The van der Waals surface area contributed by atoms with Crippen LogP contribution in [0.3, 0.4) is 0 Å². The van der Waals surface area contributed by atoms with Crippen molar-refractivity contribution in [3.05, 3.63) is 36.5 Å². The highest BCUT2D eigenvalue weighted by atomic mass is 19.4. The van der Waals surface area contributed by atoms with E-state index in [4.69, 9.17) is 0 Å². The second-order valence-electron chi connectivity index (χ2n) is 7.22. The van der Waals surface area contributed by atoms with Crippen molar-refractivity contribution in [2.24, 2.45) is 5.92 Å². The molecule has 0 aliphatic heterocycles. The van der Waals surface area contributed by atoms with Crippen molar-refractivity contribution in [1.82, 2.24) is 24.8 Å². The monoisotopic (exact) mass is 391 g/mol. The van der Waals surface area contributed by atoms with E-state index in [-0.39, 0.29) is 18.2 Å². The summed E-state index contributed by atoms with van der Waals surface area (Å²) in [5.74, 6) is -0.517. The topological polar surface area (TPSA) is 77.7 Å². The van der Waals surface area contributed by atoms with E-state index in [2.05, 4.69) is 19.9 Å². The first-order chi connectivity index (χ1) is 13.4. The molecule has 2 N–H and O–H groups in total. The summed E-state index contributed by atoms with van der Waals surface area (Å²) in [5, 5.41) is 0.776. The van der Waals surface area contributed by atoms with Gasteiger partial charge in [0.1, 0.15) is 24.2 Å². The van der Waals surface area contributed by atoms with E-state index in [0.29, 0.717) is 16.9 Å². The second kappa shape index (κ2) is 7.29. The maximum Gasteiger partial charge on any atom is 0.406 e. The lowest BCUT2D eigenvalue weighted by atomic mass is 10.1. The number of hydrogen-bond donors (Lipinski definition) is 2. The molecule has 1 fully saturated rings. The number of carbonyl (C=O) groups excluding carboxylic acids is 1. The van der Waals surface area contributed by atoms with Gasteiger partial charge in [0.05, 0.1) is 5.69 Å². The molecular formula is C19H20F3N5O. The number of H-pyrrole nitrogens is 2. The number of hydrogen-bond acceptors (Lipinski definition) is 3. The van der Waals surface area contributed by atoms with Crippen LogP contribution in [0.5, 0.6) is 0 Å². The summed E-state index contributed by atoms with van der Waals surface area (Å²) in [6, 6.07) is 3.37. The van der Waals surface area contributed by atoms with Crippen LogP contribution in [0.4, 0.5) is 13.2 Å². The fourth-order valence-corrected chi connectivity index (χ4v) is 3.87. The number of fused-ring (bicyclic) bond motifs is 1. The van der Waals surface area contributed by atoms with Crippen molar-refractivity contribution in [1.29, 1.82) is 0 Å². The van der Waals surface area contributed by atoms with Crippen molar-refractivity contribution < 1.29 is 18.0 Å². The van der Waals surface area contributed by atoms with Crippen LogP contribution in [0.15, 0.2) is 30.9 Å². The summed E-state index contributed by atoms with van der Waals surface area (Å²) >= 11 is 0. The summed E-state index contributed by atoms with van der Waals surface area (Å²) in [7, 11) is 0. The average molecular weight is 391 g/mol. The third-order valence-electron chi connectivity index (χ3n) is 5.15. The van der Waals surface area contributed by atoms with Crippen LogP contribution in [-0.4, -0.2) is 50.0 Å². The van der Waals surface area contributed by atoms with E-state index >= 15 is 0 Å². The van der Waals surface area contributed by atoms with Crippen LogP contribution in [0.1, 0.15) is 36.2 Å². The molecule has 4 rings (SSSR count). The van der Waals surface area contributed by atoms with E-state index in [9.17, 15) is 18.0 Å². The Morgan fingerprint density at radius 1 is 1.21 bits per heavy atom. The van der Waals surface area contributed by atoms with E-state index < -0.39 is 18.6 Å². The number of nitrogens with one attached hydrogen (secondary N) is 2. The molecule has 28 heavy (non-hydrogen) atoms. The Kier molecular flexibility index (Phi) is 4.82. The first-order valence-electron chi connectivity index (χ1n) is 9.23. The SMILES string of the molecule is O=C(c1cc(-c2ncnc3[nH]ccc23)c[nH]1)N(CC1CCCC1)CC(F)(F)F. The van der Waals surface area contributed by atoms with E-state index in [1.54, 1.807) is 18.5 Å². The van der Waals surface area contributed by atoms with E-state index in [1.807, 2.05) is 6.07 Å². The molecule has 0 atom stereocenters. The quantitative estimate of drug-likeness (QED) is 0.686. The highest BCUT2D eigenvalue weighted by Crippen LogP contribution is 2.29. The molecule has 1 saturated carbocycles. The predicted octanol–water partition coefficient (Wildman–Crippen LogP) is 4.15. The highest BCUT2D eigenvalue weighted by Gasteiger charge is 2.35. The molecule has 0 saturated heterocycles. The number of aromatic amines is 2. The largest absolute Gasteiger partial charge is 0.406 e. The van der Waals surface area contributed by atoms with Crippen molar-refractivity contribution in [3.63, 3.8) is 0 Å². The molecule has 0 radical (unpaired) electrons. The fraction of sp³-hybridized carbons (Fsp3) is 0.421. The van der Waals surface area contributed by atoms with Gasteiger partial charge in [0.15, 0.2) is 0 Å². The van der Waals surface area contributed by atoms with Crippen molar-refractivity contribution in [2.45, 2.75) is 31.9 Å². The normalized spacial score (nSPS) is 15.4. The molecule has 6 nitrogen and oxygen atoms in total. The molecule has 148 valence electrons. The zero-order valence-corrected chi connectivity index (χ0v) is 15.1. The van der Waals surface area contributed by atoms with Crippen molar-refractivity contribution >= 4 is 16.9 Å².